The van der Waals surface area contributed by atoms with Crippen LogP contribution in [0.5, 0.6) is 0 Å². The molecule has 0 aliphatic heterocycles. The lowest BCUT2D eigenvalue weighted by molar-refractivity contribution is 0.0696. The zero-order chi connectivity index (χ0) is 16.7. The number of aryl methyl sites for hydroxylation is 1. The van der Waals surface area contributed by atoms with Crippen molar-refractivity contribution in [2.45, 2.75) is 32.1 Å². The molecule has 0 saturated carbocycles. The van der Waals surface area contributed by atoms with Crippen LogP contribution in [-0.2, 0) is 19.3 Å². The molecule has 2 aliphatic carbocycles. The SMILES string of the molecule is O=C(O)c1ccccc1/C=C1\Cc2ccc3c(c2C1=O)CCCC3. The zero-order valence-corrected chi connectivity index (χ0v) is 13.3. The standard InChI is InChI=1S/C21H18O3/c22-20-16(11-14-6-2-4-8-18(14)21(23)24)12-15-10-9-13-5-1-3-7-17(13)19(15)20/h2,4,6,8-11H,1,3,5,7,12H2,(H,23,24)/b16-11+. The fourth-order valence-electron chi connectivity index (χ4n) is 3.87. The summed E-state index contributed by atoms with van der Waals surface area (Å²) >= 11 is 0. The summed E-state index contributed by atoms with van der Waals surface area (Å²) in [7, 11) is 0. The minimum atomic E-state index is -0.970. The van der Waals surface area contributed by atoms with E-state index in [1.807, 2.05) is 0 Å². The van der Waals surface area contributed by atoms with E-state index in [9.17, 15) is 14.7 Å². The van der Waals surface area contributed by atoms with Crippen molar-refractivity contribution in [1.29, 1.82) is 0 Å². The van der Waals surface area contributed by atoms with Crippen molar-refractivity contribution in [2.75, 3.05) is 0 Å². The normalized spacial score (nSPS) is 17.7. The number of carbonyl (C=O) groups is 2. The minimum Gasteiger partial charge on any atom is -0.478 e. The smallest absolute Gasteiger partial charge is 0.336 e. The molecular weight excluding hydrogens is 300 g/mol. The van der Waals surface area contributed by atoms with Gasteiger partial charge in [0.2, 0.25) is 0 Å². The molecule has 120 valence electrons. The number of Topliss-reactive ketones (excluding diaryl/α,β-unsaturated/α-hetero) is 1. The van der Waals surface area contributed by atoms with Crippen LogP contribution in [0.15, 0.2) is 42.0 Å². The lowest BCUT2D eigenvalue weighted by atomic mass is 9.86. The van der Waals surface area contributed by atoms with Crippen LogP contribution in [0, 0.1) is 0 Å². The van der Waals surface area contributed by atoms with Crippen LogP contribution in [0.2, 0.25) is 0 Å². The van der Waals surface area contributed by atoms with Crippen LogP contribution < -0.4 is 0 Å². The van der Waals surface area contributed by atoms with Gasteiger partial charge in [0, 0.05) is 17.6 Å². The van der Waals surface area contributed by atoms with Gasteiger partial charge >= 0.3 is 5.97 Å². The van der Waals surface area contributed by atoms with Crippen molar-refractivity contribution in [3.05, 3.63) is 75.4 Å². The summed E-state index contributed by atoms with van der Waals surface area (Å²) in [5.41, 5.74) is 6.01. The number of fused-ring (bicyclic) bond motifs is 3. The molecule has 24 heavy (non-hydrogen) atoms. The summed E-state index contributed by atoms with van der Waals surface area (Å²) in [5, 5.41) is 9.32. The van der Waals surface area contributed by atoms with Crippen molar-refractivity contribution >= 4 is 17.8 Å². The monoisotopic (exact) mass is 318 g/mol. The number of hydrogen-bond acceptors (Lipinski definition) is 2. The second-order valence-electron chi connectivity index (χ2n) is 6.51. The molecule has 0 radical (unpaired) electrons. The molecule has 0 unspecified atom stereocenters. The number of hydrogen-bond donors (Lipinski definition) is 1. The van der Waals surface area contributed by atoms with Crippen molar-refractivity contribution in [1.82, 2.24) is 0 Å². The number of carboxylic acids is 1. The molecule has 3 nitrogen and oxygen atoms in total. The maximum Gasteiger partial charge on any atom is 0.336 e. The summed E-state index contributed by atoms with van der Waals surface area (Å²) < 4.78 is 0. The van der Waals surface area contributed by atoms with Crippen LogP contribution in [-0.4, -0.2) is 16.9 Å². The molecule has 0 amide bonds. The fourth-order valence-corrected chi connectivity index (χ4v) is 3.87. The predicted molar refractivity (Wildman–Crippen MR) is 92.5 cm³/mol. The first kappa shape index (κ1) is 14.9. The van der Waals surface area contributed by atoms with Gasteiger partial charge in [-0.25, -0.2) is 4.79 Å². The highest BCUT2D eigenvalue weighted by Gasteiger charge is 2.29. The summed E-state index contributed by atoms with van der Waals surface area (Å²) in [6.07, 6.45) is 6.70. The Bertz CT molecular complexity index is 890. The first-order valence-electron chi connectivity index (χ1n) is 8.36. The minimum absolute atomic E-state index is 0.0731. The third-order valence-electron chi connectivity index (χ3n) is 5.04. The van der Waals surface area contributed by atoms with E-state index in [4.69, 9.17) is 0 Å². The van der Waals surface area contributed by atoms with Gasteiger partial charge in [0.1, 0.15) is 0 Å². The third-order valence-corrected chi connectivity index (χ3v) is 5.04. The van der Waals surface area contributed by atoms with Crippen molar-refractivity contribution in [3.63, 3.8) is 0 Å². The second kappa shape index (κ2) is 5.75. The van der Waals surface area contributed by atoms with Gasteiger partial charge in [0.15, 0.2) is 5.78 Å². The molecule has 2 aromatic rings. The van der Waals surface area contributed by atoms with Gasteiger partial charge in [0.05, 0.1) is 5.56 Å². The first-order chi connectivity index (χ1) is 11.6. The highest BCUT2D eigenvalue weighted by Crippen LogP contribution is 2.35. The van der Waals surface area contributed by atoms with Crippen molar-refractivity contribution in [2.24, 2.45) is 0 Å². The highest BCUT2D eigenvalue weighted by atomic mass is 16.4. The molecule has 0 saturated heterocycles. The van der Waals surface area contributed by atoms with E-state index in [1.54, 1.807) is 30.3 Å². The number of ketones is 1. The number of allylic oxidation sites excluding steroid dienone is 1. The number of rotatable bonds is 2. The summed E-state index contributed by atoms with van der Waals surface area (Å²) in [5.74, 6) is -0.897. The maximum absolute atomic E-state index is 12.9. The Kier molecular flexibility index (Phi) is 3.57. The van der Waals surface area contributed by atoms with Crippen molar-refractivity contribution in [3.8, 4) is 0 Å². The number of carbonyl (C=O) groups excluding carboxylic acids is 1. The quantitative estimate of drug-likeness (QED) is 0.849. The average Bonchev–Trinajstić information content (AvgIpc) is 2.91. The molecule has 1 N–H and O–H groups in total. The molecule has 0 atom stereocenters. The van der Waals surface area contributed by atoms with E-state index in [1.165, 1.54) is 17.5 Å². The van der Waals surface area contributed by atoms with Gasteiger partial charge in [-0.05, 0) is 60.1 Å². The second-order valence-corrected chi connectivity index (χ2v) is 6.51. The average molecular weight is 318 g/mol. The molecule has 0 spiro atoms. The van der Waals surface area contributed by atoms with Crippen LogP contribution in [0.1, 0.15) is 55.8 Å². The Labute approximate surface area is 140 Å². The van der Waals surface area contributed by atoms with Crippen LogP contribution in [0.25, 0.3) is 6.08 Å². The largest absolute Gasteiger partial charge is 0.478 e. The summed E-state index contributed by atoms with van der Waals surface area (Å²) in [6.45, 7) is 0. The Balaban J connectivity index is 1.78. The van der Waals surface area contributed by atoms with Crippen molar-refractivity contribution < 1.29 is 14.7 Å². The molecule has 3 heteroatoms. The Morgan fingerprint density at radius 3 is 2.58 bits per heavy atom. The lowest BCUT2D eigenvalue weighted by Gasteiger charge is -2.18. The molecular formula is C21H18O3. The Hall–Kier alpha value is -2.68. The third kappa shape index (κ3) is 2.37. The van der Waals surface area contributed by atoms with E-state index >= 15 is 0 Å². The molecule has 0 bridgehead atoms. The van der Waals surface area contributed by atoms with Crippen LogP contribution >= 0.6 is 0 Å². The van der Waals surface area contributed by atoms with Gasteiger partial charge in [0.25, 0.3) is 0 Å². The first-order valence-corrected chi connectivity index (χ1v) is 8.36. The van der Waals surface area contributed by atoms with E-state index in [0.717, 1.165) is 30.4 Å². The van der Waals surface area contributed by atoms with Gasteiger partial charge < -0.3 is 5.11 Å². The Morgan fingerprint density at radius 2 is 1.75 bits per heavy atom. The number of benzene rings is 2. The van der Waals surface area contributed by atoms with E-state index < -0.39 is 5.97 Å². The van der Waals surface area contributed by atoms with Gasteiger partial charge in [-0.1, -0.05) is 30.3 Å². The van der Waals surface area contributed by atoms with E-state index in [2.05, 4.69) is 12.1 Å². The number of carboxylic acid groups (broad SMARTS) is 1. The van der Waals surface area contributed by atoms with Gasteiger partial charge in [-0.15, -0.1) is 0 Å². The number of aromatic carboxylic acids is 1. The van der Waals surface area contributed by atoms with Crippen LogP contribution in [0.4, 0.5) is 0 Å². The summed E-state index contributed by atoms with van der Waals surface area (Å²) in [4.78, 5) is 24.3. The Morgan fingerprint density at radius 1 is 1.00 bits per heavy atom. The molecule has 0 fully saturated rings. The fraction of sp³-hybridized carbons (Fsp3) is 0.238. The molecule has 0 aromatic heterocycles. The molecule has 4 rings (SSSR count). The van der Waals surface area contributed by atoms with E-state index in [-0.39, 0.29) is 11.3 Å². The summed E-state index contributed by atoms with van der Waals surface area (Å²) in [6, 6.07) is 11.1. The predicted octanol–water partition coefficient (Wildman–Crippen LogP) is 4.09. The van der Waals surface area contributed by atoms with Gasteiger partial charge in [-0.3, -0.25) is 4.79 Å². The molecule has 0 heterocycles. The lowest BCUT2D eigenvalue weighted by Crippen LogP contribution is -2.09. The maximum atomic E-state index is 12.9. The highest BCUT2D eigenvalue weighted by molar-refractivity contribution is 6.17. The zero-order valence-electron chi connectivity index (χ0n) is 13.3. The van der Waals surface area contributed by atoms with Crippen LogP contribution in [0.3, 0.4) is 0 Å². The topological polar surface area (TPSA) is 54.4 Å². The molecule has 2 aromatic carbocycles. The van der Waals surface area contributed by atoms with Gasteiger partial charge in [-0.2, -0.15) is 0 Å². The van der Waals surface area contributed by atoms with E-state index in [0.29, 0.717) is 17.6 Å². The molecule has 2 aliphatic rings.